The highest BCUT2D eigenvalue weighted by molar-refractivity contribution is 7.92. The van der Waals surface area contributed by atoms with Crippen molar-refractivity contribution in [2.45, 2.75) is 57.1 Å². The third-order valence-corrected chi connectivity index (χ3v) is 8.47. The van der Waals surface area contributed by atoms with Crippen LogP contribution >= 0.6 is 23.2 Å². The molecule has 0 saturated heterocycles. The molecular weight excluding hydrogens is 585 g/mol. The predicted molar refractivity (Wildman–Crippen MR) is 163 cm³/mol. The van der Waals surface area contributed by atoms with E-state index < -0.39 is 34.1 Å². The Bertz CT molecular complexity index is 1480. The van der Waals surface area contributed by atoms with Crippen molar-refractivity contribution in [1.82, 2.24) is 10.2 Å². The highest BCUT2D eigenvalue weighted by Crippen LogP contribution is 2.33. The molecule has 0 aliphatic heterocycles. The Morgan fingerprint density at radius 3 is 2.24 bits per heavy atom. The van der Waals surface area contributed by atoms with E-state index in [0.29, 0.717) is 22.8 Å². The van der Waals surface area contributed by atoms with E-state index in [9.17, 15) is 18.0 Å². The van der Waals surface area contributed by atoms with Gasteiger partial charge in [0.25, 0.3) is 10.0 Å². The number of methoxy groups -OCH3 is 1. The molecule has 2 amide bonds. The van der Waals surface area contributed by atoms with Gasteiger partial charge in [0.05, 0.1) is 22.7 Å². The number of ether oxygens (including phenoxy) is 1. The van der Waals surface area contributed by atoms with Crippen molar-refractivity contribution >= 4 is 50.7 Å². The summed E-state index contributed by atoms with van der Waals surface area (Å²) in [5.74, 6) is -0.351. The van der Waals surface area contributed by atoms with E-state index in [1.807, 2.05) is 26.8 Å². The fourth-order valence-electron chi connectivity index (χ4n) is 4.26. The Morgan fingerprint density at radius 1 is 0.976 bits per heavy atom. The molecule has 1 N–H and O–H groups in total. The summed E-state index contributed by atoms with van der Waals surface area (Å²) < 4.78 is 34.1. The molecule has 0 fully saturated rings. The maximum Gasteiger partial charge on any atom is 0.264 e. The zero-order valence-electron chi connectivity index (χ0n) is 23.7. The van der Waals surface area contributed by atoms with E-state index in [-0.39, 0.29) is 28.1 Å². The topological polar surface area (TPSA) is 96.0 Å². The van der Waals surface area contributed by atoms with Crippen LogP contribution in [0.2, 0.25) is 10.0 Å². The summed E-state index contributed by atoms with van der Waals surface area (Å²) in [6, 6.07) is 18.4. The smallest absolute Gasteiger partial charge is 0.264 e. The fraction of sp³-hybridized carbons (Fsp3) is 0.333. The number of hydrogen-bond donors (Lipinski definition) is 1. The number of carbonyl (C=O) groups excluding carboxylic acids is 2. The van der Waals surface area contributed by atoms with Gasteiger partial charge in [0.2, 0.25) is 11.8 Å². The van der Waals surface area contributed by atoms with Gasteiger partial charge in [-0.15, -0.1) is 0 Å². The summed E-state index contributed by atoms with van der Waals surface area (Å²) >= 11 is 12.6. The number of carbonyl (C=O) groups is 2. The number of nitrogens with zero attached hydrogens (tertiary/aromatic N) is 2. The Balaban J connectivity index is 2.10. The van der Waals surface area contributed by atoms with Crippen molar-refractivity contribution in [3.05, 3.63) is 88.4 Å². The van der Waals surface area contributed by atoms with Gasteiger partial charge < -0.3 is 15.0 Å². The number of benzene rings is 3. The van der Waals surface area contributed by atoms with Crippen LogP contribution in [-0.4, -0.2) is 50.4 Å². The summed E-state index contributed by atoms with van der Waals surface area (Å²) in [6.07, 6.45) is 0.296. The first kappa shape index (κ1) is 32.2. The lowest BCUT2D eigenvalue weighted by Gasteiger charge is -2.35. The molecule has 11 heteroatoms. The summed E-state index contributed by atoms with van der Waals surface area (Å²) in [5, 5.41) is 3.31. The second-order valence-corrected chi connectivity index (χ2v) is 13.2. The number of anilines is 1. The van der Waals surface area contributed by atoms with Crippen LogP contribution in [0.5, 0.6) is 5.75 Å². The van der Waals surface area contributed by atoms with Gasteiger partial charge in [-0.25, -0.2) is 8.42 Å². The van der Waals surface area contributed by atoms with E-state index >= 15 is 0 Å². The second-order valence-electron chi connectivity index (χ2n) is 10.5. The first-order valence-electron chi connectivity index (χ1n) is 13.0. The van der Waals surface area contributed by atoms with E-state index in [0.717, 1.165) is 4.31 Å². The zero-order valence-corrected chi connectivity index (χ0v) is 26.1. The van der Waals surface area contributed by atoms with Crippen LogP contribution in [0.3, 0.4) is 0 Å². The van der Waals surface area contributed by atoms with Gasteiger partial charge in [-0.3, -0.25) is 13.9 Å². The van der Waals surface area contributed by atoms with Crippen LogP contribution in [0.4, 0.5) is 5.69 Å². The molecule has 3 rings (SSSR count). The number of nitrogens with one attached hydrogen (secondary N) is 1. The van der Waals surface area contributed by atoms with Gasteiger partial charge in [0, 0.05) is 17.1 Å². The molecule has 3 aromatic carbocycles. The van der Waals surface area contributed by atoms with Crippen LogP contribution in [0.15, 0.2) is 77.7 Å². The largest absolute Gasteiger partial charge is 0.497 e. The second kappa shape index (κ2) is 13.6. The van der Waals surface area contributed by atoms with E-state index in [2.05, 4.69) is 5.32 Å². The van der Waals surface area contributed by atoms with Crippen LogP contribution in [0.1, 0.15) is 39.7 Å². The minimum absolute atomic E-state index is 0.0179. The summed E-state index contributed by atoms with van der Waals surface area (Å²) in [7, 11) is -2.71. The monoisotopic (exact) mass is 619 g/mol. The van der Waals surface area contributed by atoms with E-state index in [1.54, 1.807) is 43.3 Å². The molecule has 0 unspecified atom stereocenters. The summed E-state index contributed by atoms with van der Waals surface area (Å²) in [5.41, 5.74) is 0.248. The molecule has 0 aliphatic carbocycles. The molecule has 0 radical (unpaired) electrons. The molecule has 0 heterocycles. The SMILES string of the molecule is CC[C@@H](C(=O)NC(C)(C)C)N(Cc1cccc(OC)c1)C(=O)CN(c1ccc(Cl)cc1Cl)S(=O)(=O)c1ccccc1. The predicted octanol–water partition coefficient (Wildman–Crippen LogP) is 5.92. The Morgan fingerprint density at radius 2 is 1.66 bits per heavy atom. The Hall–Kier alpha value is -3.27. The molecule has 0 saturated carbocycles. The molecule has 41 heavy (non-hydrogen) atoms. The number of rotatable bonds is 11. The van der Waals surface area contributed by atoms with Crippen molar-refractivity contribution in [2.75, 3.05) is 18.0 Å². The third kappa shape index (κ3) is 8.38. The van der Waals surface area contributed by atoms with Crippen LogP contribution in [0, 0.1) is 0 Å². The van der Waals surface area contributed by atoms with Gasteiger partial charge in [-0.05, 0) is 75.2 Å². The van der Waals surface area contributed by atoms with Crippen LogP contribution in [0.25, 0.3) is 0 Å². The molecule has 0 aromatic heterocycles. The molecule has 220 valence electrons. The van der Waals surface area contributed by atoms with Crippen LogP contribution in [-0.2, 0) is 26.2 Å². The van der Waals surface area contributed by atoms with Gasteiger partial charge in [-0.2, -0.15) is 0 Å². The lowest BCUT2D eigenvalue weighted by Crippen LogP contribution is -2.55. The lowest BCUT2D eigenvalue weighted by molar-refractivity contribution is -0.141. The van der Waals surface area contributed by atoms with Crippen LogP contribution < -0.4 is 14.4 Å². The quantitative estimate of drug-likeness (QED) is 0.287. The van der Waals surface area contributed by atoms with Gasteiger partial charge >= 0.3 is 0 Å². The minimum Gasteiger partial charge on any atom is -0.497 e. The standard InChI is InChI=1S/C30H35Cl2N3O5S/c1-6-26(29(37)33-30(2,3)4)34(19-21-11-10-12-23(17-21)40-5)28(36)20-35(27-16-15-22(31)18-25(27)32)41(38,39)24-13-8-7-9-14-24/h7-18,26H,6,19-20H2,1-5H3,(H,33,37)/t26-/m0/s1. The number of hydrogen-bond acceptors (Lipinski definition) is 5. The minimum atomic E-state index is -4.25. The summed E-state index contributed by atoms with van der Waals surface area (Å²) in [6.45, 7) is 6.78. The first-order valence-corrected chi connectivity index (χ1v) is 15.2. The normalized spacial score (nSPS) is 12.4. The van der Waals surface area contributed by atoms with Crippen molar-refractivity contribution in [1.29, 1.82) is 0 Å². The number of sulfonamides is 1. The summed E-state index contributed by atoms with van der Waals surface area (Å²) in [4.78, 5) is 28.9. The maximum atomic E-state index is 14.2. The maximum absolute atomic E-state index is 14.2. The lowest BCUT2D eigenvalue weighted by atomic mass is 10.1. The average molecular weight is 621 g/mol. The van der Waals surface area contributed by atoms with E-state index in [1.165, 1.54) is 42.3 Å². The van der Waals surface area contributed by atoms with Gasteiger partial charge in [0.1, 0.15) is 18.3 Å². The molecule has 3 aromatic rings. The van der Waals surface area contributed by atoms with Crippen molar-refractivity contribution in [2.24, 2.45) is 0 Å². The molecule has 0 spiro atoms. The Kier molecular flexibility index (Phi) is 10.7. The molecule has 1 atom stereocenters. The first-order chi connectivity index (χ1) is 19.3. The van der Waals surface area contributed by atoms with Gasteiger partial charge in [0.15, 0.2) is 0 Å². The number of amides is 2. The van der Waals surface area contributed by atoms with Crippen molar-refractivity contribution in [3.63, 3.8) is 0 Å². The Labute approximate surface area is 252 Å². The van der Waals surface area contributed by atoms with E-state index in [4.69, 9.17) is 27.9 Å². The highest BCUT2D eigenvalue weighted by Gasteiger charge is 2.35. The molecule has 0 bridgehead atoms. The highest BCUT2D eigenvalue weighted by atomic mass is 35.5. The third-order valence-electron chi connectivity index (χ3n) is 6.16. The molecule has 8 nitrogen and oxygen atoms in total. The fourth-order valence-corrected chi connectivity index (χ4v) is 6.27. The van der Waals surface area contributed by atoms with Crippen molar-refractivity contribution < 1.29 is 22.7 Å². The van der Waals surface area contributed by atoms with Gasteiger partial charge in [-0.1, -0.05) is 60.5 Å². The average Bonchev–Trinajstić information content (AvgIpc) is 2.91. The zero-order chi connectivity index (χ0) is 30.4. The molecular formula is C30H35Cl2N3O5S. The van der Waals surface area contributed by atoms with Crippen molar-refractivity contribution in [3.8, 4) is 5.75 Å². The molecule has 0 aliphatic rings. The number of halogens is 2.